The molecule has 2 saturated carbocycles. The summed E-state index contributed by atoms with van der Waals surface area (Å²) in [6.07, 6.45) is 10.1. The molecule has 0 spiro atoms. The topological polar surface area (TPSA) is 167 Å². The number of ketones is 1. The highest BCUT2D eigenvalue weighted by atomic mass is 16.2. The second-order valence-corrected chi connectivity index (χ2v) is 16.4. The van der Waals surface area contributed by atoms with E-state index in [-0.39, 0.29) is 30.0 Å². The van der Waals surface area contributed by atoms with Gasteiger partial charge in [-0.15, -0.1) is 6.58 Å². The number of amides is 5. The first kappa shape index (κ1) is 39.7. The number of carbonyl (C=O) groups is 6. The molecule has 12 heteroatoms. The molecule has 1 aliphatic heterocycles. The number of nitrogens with one attached hydrogen (secondary N) is 4. The zero-order valence-electron chi connectivity index (χ0n) is 31.3. The molecule has 4 N–H and O–H groups in total. The molecule has 0 radical (unpaired) electrons. The lowest BCUT2D eigenvalue weighted by atomic mass is 9.70. The van der Waals surface area contributed by atoms with Gasteiger partial charge in [0, 0.05) is 19.3 Å². The standard InChI is InChI=1S/C39H58N6O6/c1-8-20-41-35(49)30(46)28(23-25-15-16-25)42-34(48)29-26(24(2)3)17-22-45(29)37(51)32(38(4,5)6)44-36(50)31(39(7)18-11-9-12-19-39)43-33(47)27-14-10-13-21-40-27/h8,10,13-14,21,24-26,28-29,31-32H,1,9,11-12,15-20,22-23H2,2-7H3,(H,41,49)(H,42,48)(H,43,47)(H,44,50)/t26-,28?,29+,31-,32-/m1/s1. The van der Waals surface area contributed by atoms with Crippen LogP contribution in [0.15, 0.2) is 37.1 Å². The highest BCUT2D eigenvalue weighted by Crippen LogP contribution is 2.40. The number of aromatic nitrogens is 1. The summed E-state index contributed by atoms with van der Waals surface area (Å²) in [5.41, 5.74) is -1.11. The van der Waals surface area contributed by atoms with E-state index in [9.17, 15) is 28.8 Å². The average molecular weight is 707 g/mol. The molecule has 280 valence electrons. The smallest absolute Gasteiger partial charge is 0.289 e. The first-order valence-electron chi connectivity index (χ1n) is 18.6. The summed E-state index contributed by atoms with van der Waals surface area (Å²) in [5.74, 6) is -3.25. The Morgan fingerprint density at radius 2 is 1.69 bits per heavy atom. The highest BCUT2D eigenvalue weighted by Gasteiger charge is 2.49. The van der Waals surface area contributed by atoms with Gasteiger partial charge >= 0.3 is 0 Å². The lowest BCUT2D eigenvalue weighted by Crippen LogP contribution is -2.63. The largest absolute Gasteiger partial charge is 0.346 e. The van der Waals surface area contributed by atoms with Crippen LogP contribution in [-0.4, -0.2) is 82.5 Å². The number of hydrogen-bond donors (Lipinski definition) is 4. The van der Waals surface area contributed by atoms with Gasteiger partial charge in [0.15, 0.2) is 0 Å². The van der Waals surface area contributed by atoms with Gasteiger partial charge in [0.1, 0.15) is 23.8 Å². The predicted molar refractivity (Wildman–Crippen MR) is 194 cm³/mol. The van der Waals surface area contributed by atoms with Crippen LogP contribution in [0.25, 0.3) is 0 Å². The quantitative estimate of drug-likeness (QED) is 0.159. The van der Waals surface area contributed by atoms with E-state index in [4.69, 9.17) is 0 Å². The molecule has 1 unspecified atom stereocenters. The monoisotopic (exact) mass is 706 g/mol. The van der Waals surface area contributed by atoms with Gasteiger partial charge in [-0.2, -0.15) is 0 Å². The van der Waals surface area contributed by atoms with Crippen molar-refractivity contribution in [2.75, 3.05) is 13.1 Å². The van der Waals surface area contributed by atoms with Crippen molar-refractivity contribution in [2.24, 2.45) is 28.6 Å². The van der Waals surface area contributed by atoms with Crippen molar-refractivity contribution in [1.82, 2.24) is 31.2 Å². The van der Waals surface area contributed by atoms with Crippen molar-refractivity contribution in [1.29, 1.82) is 0 Å². The number of nitrogens with zero attached hydrogens (tertiary/aromatic N) is 2. The Hall–Kier alpha value is -4.09. The van der Waals surface area contributed by atoms with Crippen LogP contribution in [0, 0.1) is 28.6 Å². The van der Waals surface area contributed by atoms with Gasteiger partial charge in [-0.1, -0.05) is 85.8 Å². The van der Waals surface area contributed by atoms with Gasteiger partial charge in [0.25, 0.3) is 11.8 Å². The minimum Gasteiger partial charge on any atom is -0.346 e. The van der Waals surface area contributed by atoms with Gasteiger partial charge in [-0.05, 0) is 66.4 Å². The molecule has 3 fully saturated rings. The van der Waals surface area contributed by atoms with Crippen LogP contribution in [0.4, 0.5) is 0 Å². The number of Topliss-reactive ketones (excluding diaryl/α,β-unsaturated/α-hetero) is 1. The number of rotatable bonds is 15. The average Bonchev–Trinajstić information content (AvgIpc) is 3.80. The van der Waals surface area contributed by atoms with Crippen molar-refractivity contribution < 1.29 is 28.8 Å². The SMILES string of the molecule is C=CCNC(=O)C(=O)C(CC1CC1)NC(=O)[C@@H]1[C@@H](C(C)C)CCN1C(=O)[C@@H](NC(=O)[C@@H](NC(=O)c1ccccn1)C1(C)CCCCC1)C(C)(C)C. The fourth-order valence-electron chi connectivity index (χ4n) is 7.63. The minimum atomic E-state index is -1.03. The van der Waals surface area contributed by atoms with E-state index in [2.05, 4.69) is 32.8 Å². The molecule has 2 aliphatic carbocycles. The van der Waals surface area contributed by atoms with Crippen LogP contribution in [0.3, 0.4) is 0 Å². The van der Waals surface area contributed by atoms with Crippen molar-refractivity contribution in [3.05, 3.63) is 42.7 Å². The molecule has 0 bridgehead atoms. The first-order chi connectivity index (χ1) is 24.1. The Kier molecular flexibility index (Phi) is 13.2. The Morgan fingerprint density at radius 1 is 1.00 bits per heavy atom. The van der Waals surface area contributed by atoms with Crippen LogP contribution in [0.5, 0.6) is 0 Å². The number of carbonyl (C=O) groups excluding carboxylic acids is 6. The molecule has 4 rings (SSSR count). The van der Waals surface area contributed by atoms with Gasteiger partial charge in [0.2, 0.25) is 23.5 Å². The summed E-state index contributed by atoms with van der Waals surface area (Å²) in [5, 5.41) is 11.4. The second-order valence-electron chi connectivity index (χ2n) is 16.4. The molecule has 12 nitrogen and oxygen atoms in total. The normalized spacial score (nSPS) is 21.9. The Bertz CT molecular complexity index is 1450. The maximum Gasteiger partial charge on any atom is 0.289 e. The maximum atomic E-state index is 14.7. The lowest BCUT2D eigenvalue weighted by Gasteiger charge is -2.42. The summed E-state index contributed by atoms with van der Waals surface area (Å²) in [7, 11) is 0. The van der Waals surface area contributed by atoms with Crippen LogP contribution >= 0.6 is 0 Å². The molecule has 5 atom stereocenters. The Labute approximate surface area is 302 Å². The summed E-state index contributed by atoms with van der Waals surface area (Å²) in [6, 6.07) is 1.15. The van der Waals surface area contributed by atoms with Gasteiger partial charge < -0.3 is 26.2 Å². The minimum absolute atomic E-state index is 0.0344. The van der Waals surface area contributed by atoms with Crippen LogP contribution < -0.4 is 21.3 Å². The van der Waals surface area contributed by atoms with E-state index in [1.54, 1.807) is 18.2 Å². The first-order valence-corrected chi connectivity index (χ1v) is 18.6. The van der Waals surface area contributed by atoms with Crippen molar-refractivity contribution in [3.63, 3.8) is 0 Å². The van der Waals surface area contributed by atoms with E-state index >= 15 is 0 Å². The summed E-state index contributed by atoms with van der Waals surface area (Å²) >= 11 is 0. The molecule has 1 aromatic rings. The molecule has 5 amide bonds. The van der Waals surface area contributed by atoms with Gasteiger partial charge in [-0.3, -0.25) is 33.8 Å². The van der Waals surface area contributed by atoms with Crippen LogP contribution in [0.1, 0.15) is 110 Å². The summed E-state index contributed by atoms with van der Waals surface area (Å²) in [4.78, 5) is 88.1. The molecule has 51 heavy (non-hydrogen) atoms. The lowest BCUT2D eigenvalue weighted by molar-refractivity contribution is -0.146. The van der Waals surface area contributed by atoms with E-state index in [1.165, 1.54) is 17.2 Å². The number of pyridine rings is 1. The maximum absolute atomic E-state index is 14.7. The van der Waals surface area contributed by atoms with Gasteiger partial charge in [0.05, 0.1) is 6.04 Å². The van der Waals surface area contributed by atoms with Crippen LogP contribution in [-0.2, 0) is 24.0 Å². The fourth-order valence-corrected chi connectivity index (χ4v) is 7.63. The molecule has 1 aromatic heterocycles. The molecule has 1 saturated heterocycles. The highest BCUT2D eigenvalue weighted by molar-refractivity contribution is 6.38. The van der Waals surface area contributed by atoms with E-state index < -0.39 is 70.3 Å². The van der Waals surface area contributed by atoms with Crippen molar-refractivity contribution in [3.8, 4) is 0 Å². The van der Waals surface area contributed by atoms with Crippen molar-refractivity contribution >= 4 is 35.3 Å². The third-order valence-electron chi connectivity index (χ3n) is 10.9. The summed E-state index contributed by atoms with van der Waals surface area (Å²) in [6.45, 7) is 15.6. The molecular formula is C39H58N6O6. The predicted octanol–water partition coefficient (Wildman–Crippen LogP) is 3.71. The zero-order valence-corrected chi connectivity index (χ0v) is 31.3. The molecule has 2 heterocycles. The Morgan fingerprint density at radius 3 is 2.25 bits per heavy atom. The third kappa shape index (κ3) is 10.0. The Balaban J connectivity index is 1.60. The molecule has 3 aliphatic rings. The zero-order chi connectivity index (χ0) is 37.5. The van der Waals surface area contributed by atoms with Crippen molar-refractivity contribution in [2.45, 2.75) is 123 Å². The van der Waals surface area contributed by atoms with E-state index in [0.717, 1.165) is 44.9 Å². The van der Waals surface area contributed by atoms with Gasteiger partial charge in [-0.25, -0.2) is 0 Å². The molecule has 0 aromatic carbocycles. The fraction of sp³-hybridized carbons (Fsp3) is 0.667. The molecular weight excluding hydrogens is 648 g/mol. The van der Waals surface area contributed by atoms with E-state index in [0.29, 0.717) is 19.4 Å². The third-order valence-corrected chi connectivity index (χ3v) is 10.9. The number of hydrogen-bond acceptors (Lipinski definition) is 7. The second kappa shape index (κ2) is 17.0. The van der Waals surface area contributed by atoms with E-state index in [1.807, 2.05) is 41.5 Å². The van der Waals surface area contributed by atoms with Crippen LogP contribution in [0.2, 0.25) is 0 Å². The number of likely N-dealkylation sites (tertiary alicyclic amines) is 1. The summed E-state index contributed by atoms with van der Waals surface area (Å²) < 4.78 is 0.